The van der Waals surface area contributed by atoms with E-state index in [9.17, 15) is 9.18 Å². The van der Waals surface area contributed by atoms with Crippen LogP contribution in [0.2, 0.25) is 0 Å². The molecule has 0 radical (unpaired) electrons. The van der Waals surface area contributed by atoms with Crippen LogP contribution in [0.1, 0.15) is 24.8 Å². The monoisotopic (exact) mass is 359 g/mol. The van der Waals surface area contributed by atoms with Gasteiger partial charge in [-0.3, -0.25) is 4.79 Å². The lowest BCUT2D eigenvalue weighted by molar-refractivity contribution is -0.136. The Balaban J connectivity index is 1.49. The fraction of sp³-hybridized carbons (Fsp3) is 0.500. The molecule has 0 unspecified atom stereocenters. The van der Waals surface area contributed by atoms with E-state index in [1.165, 1.54) is 6.07 Å². The molecule has 0 N–H and O–H groups in total. The number of rotatable bonds is 7. The third kappa shape index (κ3) is 4.91. The van der Waals surface area contributed by atoms with Gasteiger partial charge in [0.15, 0.2) is 0 Å². The van der Waals surface area contributed by atoms with Crippen LogP contribution in [0, 0.1) is 11.7 Å². The highest BCUT2D eigenvalue weighted by Crippen LogP contribution is 2.25. The van der Waals surface area contributed by atoms with Gasteiger partial charge in [0.2, 0.25) is 5.91 Å². The number of aryl methyl sites for hydroxylation is 1. The van der Waals surface area contributed by atoms with Gasteiger partial charge in [0.25, 0.3) is 0 Å². The number of nitrogens with zero attached hydrogens (tertiary/aromatic N) is 3. The first-order chi connectivity index (χ1) is 12.7. The maximum absolute atomic E-state index is 13.4. The number of carbonyl (C=O) groups excluding carboxylic acids is 1. The molecule has 1 aromatic carbocycles. The van der Waals surface area contributed by atoms with Gasteiger partial charge in [0, 0.05) is 45.6 Å². The van der Waals surface area contributed by atoms with Crippen molar-refractivity contribution in [2.75, 3.05) is 20.2 Å². The maximum Gasteiger partial charge on any atom is 0.222 e. The molecule has 0 spiro atoms. The molecule has 0 aliphatic carbocycles. The van der Waals surface area contributed by atoms with Crippen LogP contribution in [0.4, 0.5) is 4.39 Å². The molecule has 1 aliphatic rings. The minimum Gasteiger partial charge on any atom is -0.379 e. The molecule has 0 bridgehead atoms. The molecule has 1 saturated heterocycles. The predicted molar refractivity (Wildman–Crippen MR) is 97.0 cm³/mol. The molecule has 1 aliphatic heterocycles. The predicted octanol–water partition coefficient (Wildman–Crippen LogP) is 2.91. The van der Waals surface area contributed by atoms with Gasteiger partial charge >= 0.3 is 0 Å². The van der Waals surface area contributed by atoms with Crippen molar-refractivity contribution in [1.82, 2.24) is 14.5 Å². The van der Waals surface area contributed by atoms with E-state index in [4.69, 9.17) is 4.74 Å². The zero-order chi connectivity index (χ0) is 18.4. The average Bonchev–Trinajstić information content (AvgIpc) is 3.15. The average molecular weight is 359 g/mol. The van der Waals surface area contributed by atoms with Crippen molar-refractivity contribution in [2.45, 2.75) is 38.3 Å². The van der Waals surface area contributed by atoms with Gasteiger partial charge in [0.05, 0.1) is 12.4 Å². The third-order valence-electron chi connectivity index (χ3n) is 5.10. The third-order valence-corrected chi connectivity index (χ3v) is 5.10. The van der Waals surface area contributed by atoms with Crippen LogP contribution in [0.5, 0.6) is 0 Å². The summed E-state index contributed by atoms with van der Waals surface area (Å²) in [4.78, 5) is 18.4. The molecule has 26 heavy (non-hydrogen) atoms. The Labute approximate surface area is 153 Å². The number of carbonyl (C=O) groups is 1. The molecule has 1 amide bonds. The molecule has 2 atom stereocenters. The standard InChI is InChI=1S/C20H26FN3O2/c1-26-19-14-24(20(25)6-3-9-23-11-8-22-15-23)10-7-17(19)12-16-4-2-5-18(21)13-16/h2,4-5,8,11,13,15,17,19H,3,6-7,9-10,12,14H2,1H3/t17-,19+/m1/s1. The summed E-state index contributed by atoms with van der Waals surface area (Å²) in [5, 5.41) is 0. The number of imidazole rings is 1. The Morgan fingerprint density at radius 3 is 3.04 bits per heavy atom. The second kappa shape index (κ2) is 8.94. The number of amides is 1. The quantitative estimate of drug-likeness (QED) is 0.764. The SMILES string of the molecule is CO[C@H]1CN(C(=O)CCCn2ccnc2)CC[C@@H]1Cc1cccc(F)c1. The highest BCUT2D eigenvalue weighted by atomic mass is 19.1. The number of likely N-dealkylation sites (tertiary alicyclic amines) is 1. The lowest BCUT2D eigenvalue weighted by atomic mass is 9.87. The highest BCUT2D eigenvalue weighted by molar-refractivity contribution is 5.76. The van der Waals surface area contributed by atoms with Gasteiger partial charge in [0.1, 0.15) is 5.82 Å². The first kappa shape index (κ1) is 18.6. The summed E-state index contributed by atoms with van der Waals surface area (Å²) in [5.41, 5.74) is 0.983. The van der Waals surface area contributed by atoms with Crippen LogP contribution in [0.25, 0.3) is 0 Å². The van der Waals surface area contributed by atoms with Crippen molar-refractivity contribution < 1.29 is 13.9 Å². The normalized spacial score (nSPS) is 20.3. The molecular formula is C20H26FN3O2. The van der Waals surface area contributed by atoms with Crippen LogP contribution < -0.4 is 0 Å². The number of ether oxygens (including phenoxy) is 1. The molecule has 2 heterocycles. The molecule has 0 saturated carbocycles. The molecule has 6 heteroatoms. The van der Waals surface area contributed by atoms with Gasteiger partial charge in [-0.15, -0.1) is 0 Å². The zero-order valence-electron chi connectivity index (χ0n) is 15.2. The Morgan fingerprint density at radius 2 is 2.31 bits per heavy atom. The van der Waals surface area contributed by atoms with E-state index in [2.05, 4.69) is 4.98 Å². The van der Waals surface area contributed by atoms with Crippen LogP contribution in [-0.4, -0.2) is 46.7 Å². The Morgan fingerprint density at radius 1 is 1.42 bits per heavy atom. The fourth-order valence-corrected chi connectivity index (χ4v) is 3.65. The number of piperidine rings is 1. The van der Waals surface area contributed by atoms with Gasteiger partial charge in [-0.1, -0.05) is 12.1 Å². The molecule has 1 fully saturated rings. The molecule has 3 rings (SSSR count). The minimum atomic E-state index is -0.207. The number of hydrogen-bond acceptors (Lipinski definition) is 3. The summed E-state index contributed by atoms with van der Waals surface area (Å²) < 4.78 is 21.0. The second-order valence-electron chi connectivity index (χ2n) is 6.90. The van der Waals surface area contributed by atoms with Crippen LogP contribution in [0.15, 0.2) is 43.0 Å². The van der Waals surface area contributed by atoms with Gasteiger partial charge in [-0.05, 0) is 42.9 Å². The van der Waals surface area contributed by atoms with Crippen LogP contribution in [-0.2, 0) is 22.5 Å². The van der Waals surface area contributed by atoms with E-state index >= 15 is 0 Å². The molecule has 2 aromatic rings. The molecule has 140 valence electrons. The van der Waals surface area contributed by atoms with E-state index in [0.29, 0.717) is 18.9 Å². The molecule has 5 nitrogen and oxygen atoms in total. The largest absolute Gasteiger partial charge is 0.379 e. The van der Waals surface area contributed by atoms with Crippen molar-refractivity contribution in [2.24, 2.45) is 5.92 Å². The number of halogens is 1. The number of aromatic nitrogens is 2. The van der Waals surface area contributed by atoms with E-state index in [1.807, 2.05) is 21.7 Å². The number of methoxy groups -OCH3 is 1. The first-order valence-corrected chi connectivity index (χ1v) is 9.16. The van der Waals surface area contributed by atoms with Gasteiger partial charge in [-0.25, -0.2) is 9.37 Å². The van der Waals surface area contributed by atoms with Crippen LogP contribution >= 0.6 is 0 Å². The van der Waals surface area contributed by atoms with Crippen LogP contribution in [0.3, 0.4) is 0 Å². The topological polar surface area (TPSA) is 47.4 Å². The van der Waals surface area contributed by atoms with Crippen molar-refractivity contribution in [1.29, 1.82) is 0 Å². The van der Waals surface area contributed by atoms with Crippen molar-refractivity contribution in [3.05, 3.63) is 54.4 Å². The van der Waals surface area contributed by atoms with Crippen molar-refractivity contribution >= 4 is 5.91 Å². The zero-order valence-corrected chi connectivity index (χ0v) is 15.2. The summed E-state index contributed by atoms with van der Waals surface area (Å²) in [6.45, 7) is 2.15. The van der Waals surface area contributed by atoms with E-state index < -0.39 is 0 Å². The van der Waals surface area contributed by atoms with Crippen molar-refractivity contribution in [3.63, 3.8) is 0 Å². The fourth-order valence-electron chi connectivity index (χ4n) is 3.65. The van der Waals surface area contributed by atoms with E-state index in [0.717, 1.165) is 37.9 Å². The smallest absolute Gasteiger partial charge is 0.222 e. The van der Waals surface area contributed by atoms with E-state index in [-0.39, 0.29) is 17.8 Å². The summed E-state index contributed by atoms with van der Waals surface area (Å²) in [6.07, 6.45) is 8.39. The molecule has 1 aromatic heterocycles. The Bertz CT molecular complexity index is 705. The Kier molecular flexibility index (Phi) is 6.39. The summed E-state index contributed by atoms with van der Waals surface area (Å²) in [7, 11) is 1.69. The van der Waals surface area contributed by atoms with Gasteiger partial charge in [-0.2, -0.15) is 0 Å². The lowest BCUT2D eigenvalue weighted by Crippen LogP contribution is -2.48. The first-order valence-electron chi connectivity index (χ1n) is 9.16. The lowest BCUT2D eigenvalue weighted by Gasteiger charge is -2.38. The van der Waals surface area contributed by atoms with Crippen molar-refractivity contribution in [3.8, 4) is 0 Å². The molecular weight excluding hydrogens is 333 g/mol. The van der Waals surface area contributed by atoms with E-state index in [1.54, 1.807) is 31.8 Å². The summed E-state index contributed by atoms with van der Waals surface area (Å²) >= 11 is 0. The maximum atomic E-state index is 13.4. The highest BCUT2D eigenvalue weighted by Gasteiger charge is 2.31. The van der Waals surface area contributed by atoms with Gasteiger partial charge < -0.3 is 14.2 Å². The summed E-state index contributed by atoms with van der Waals surface area (Å²) in [6, 6.07) is 6.73. The number of benzene rings is 1. The number of hydrogen-bond donors (Lipinski definition) is 0. The summed E-state index contributed by atoms with van der Waals surface area (Å²) in [5.74, 6) is 0.273. The second-order valence-corrected chi connectivity index (χ2v) is 6.90. The minimum absolute atomic E-state index is 0.00961. The Hall–Kier alpha value is -2.21.